The van der Waals surface area contributed by atoms with Crippen molar-refractivity contribution in [2.75, 3.05) is 6.61 Å². The summed E-state index contributed by atoms with van der Waals surface area (Å²) in [7, 11) is 1.76. The Morgan fingerprint density at radius 3 is 2.90 bits per heavy atom. The quantitative estimate of drug-likeness (QED) is 0.877. The van der Waals surface area contributed by atoms with Crippen LogP contribution in [0.5, 0.6) is 5.75 Å². The lowest BCUT2D eigenvalue weighted by Crippen LogP contribution is -2.11. The number of pyridine rings is 1. The van der Waals surface area contributed by atoms with Crippen LogP contribution in [-0.2, 0) is 7.05 Å². The number of carbonyl (C=O) groups is 1. The predicted molar refractivity (Wildman–Crippen MR) is 75.0 cm³/mol. The summed E-state index contributed by atoms with van der Waals surface area (Å²) in [6.07, 6.45) is 5.04. The molecule has 6 heteroatoms. The second-order valence-electron chi connectivity index (χ2n) is 5.02. The zero-order valence-electron chi connectivity index (χ0n) is 12.0. The van der Waals surface area contributed by atoms with E-state index in [1.165, 1.54) is 6.20 Å². The Morgan fingerprint density at radius 1 is 1.50 bits per heavy atom. The van der Waals surface area contributed by atoms with Gasteiger partial charge in [-0.05, 0) is 12.3 Å². The molecule has 0 fully saturated rings. The van der Waals surface area contributed by atoms with Crippen LogP contribution in [0, 0.1) is 5.92 Å². The third-order valence-electron chi connectivity index (χ3n) is 3.24. The molecule has 0 spiro atoms. The number of carboxylic acid groups (broad SMARTS) is 1. The van der Waals surface area contributed by atoms with Gasteiger partial charge in [-0.25, -0.2) is 9.78 Å². The average molecular weight is 277 g/mol. The Hall–Kier alpha value is -2.11. The van der Waals surface area contributed by atoms with Gasteiger partial charge in [-0.3, -0.25) is 4.68 Å². The van der Waals surface area contributed by atoms with Crippen LogP contribution < -0.4 is 4.74 Å². The Bertz CT molecular complexity index is 621. The summed E-state index contributed by atoms with van der Waals surface area (Å²) in [6.45, 7) is 4.69. The van der Waals surface area contributed by atoms with E-state index in [0.29, 0.717) is 29.3 Å². The van der Waals surface area contributed by atoms with Gasteiger partial charge in [0.2, 0.25) is 0 Å². The van der Waals surface area contributed by atoms with Crippen molar-refractivity contribution in [2.45, 2.75) is 26.7 Å². The summed E-state index contributed by atoms with van der Waals surface area (Å²) in [5, 5.41) is 14.0. The Balaban J connectivity index is 2.37. The van der Waals surface area contributed by atoms with E-state index in [1.807, 2.05) is 0 Å². The molecule has 0 aliphatic heterocycles. The topological polar surface area (TPSA) is 77.2 Å². The number of aromatic carboxylic acids is 1. The van der Waals surface area contributed by atoms with Gasteiger partial charge < -0.3 is 9.84 Å². The van der Waals surface area contributed by atoms with E-state index in [4.69, 9.17) is 4.74 Å². The molecule has 2 rings (SSSR count). The van der Waals surface area contributed by atoms with Crippen LogP contribution in [0.15, 0.2) is 12.4 Å². The van der Waals surface area contributed by atoms with Crippen molar-refractivity contribution in [1.29, 1.82) is 0 Å². The van der Waals surface area contributed by atoms with Crippen LogP contribution in [0.3, 0.4) is 0 Å². The predicted octanol–water partition coefficient (Wildman–Crippen LogP) is 2.48. The molecule has 2 aromatic heterocycles. The van der Waals surface area contributed by atoms with Crippen molar-refractivity contribution in [1.82, 2.24) is 14.8 Å². The average Bonchev–Trinajstić information content (AvgIpc) is 2.78. The molecule has 0 amide bonds. The highest BCUT2D eigenvalue weighted by Crippen LogP contribution is 2.28. The summed E-state index contributed by atoms with van der Waals surface area (Å²) in [5.41, 5.74) is 0.697. The second-order valence-corrected chi connectivity index (χ2v) is 5.02. The van der Waals surface area contributed by atoms with Crippen molar-refractivity contribution in [3.8, 4) is 5.75 Å². The maximum atomic E-state index is 11.3. The molecule has 0 radical (unpaired) electrons. The normalized spacial score (nSPS) is 12.6. The smallest absolute Gasteiger partial charge is 0.341 e. The third kappa shape index (κ3) is 2.74. The van der Waals surface area contributed by atoms with Crippen LogP contribution in [0.2, 0.25) is 0 Å². The SMILES string of the molecule is CCCC(C)COc1c(C(=O)O)cnc2c1cnn2C. The fourth-order valence-electron chi connectivity index (χ4n) is 2.18. The molecule has 6 nitrogen and oxygen atoms in total. The third-order valence-corrected chi connectivity index (χ3v) is 3.24. The van der Waals surface area contributed by atoms with E-state index in [0.717, 1.165) is 12.8 Å². The van der Waals surface area contributed by atoms with Crippen molar-refractivity contribution in [3.05, 3.63) is 18.0 Å². The van der Waals surface area contributed by atoms with Crippen LogP contribution in [0.4, 0.5) is 0 Å². The molecule has 2 aromatic rings. The van der Waals surface area contributed by atoms with Gasteiger partial charge in [-0.2, -0.15) is 5.10 Å². The van der Waals surface area contributed by atoms with Crippen molar-refractivity contribution in [3.63, 3.8) is 0 Å². The van der Waals surface area contributed by atoms with E-state index >= 15 is 0 Å². The molecular formula is C14H19N3O3. The zero-order chi connectivity index (χ0) is 14.7. The van der Waals surface area contributed by atoms with Crippen LogP contribution in [0.25, 0.3) is 11.0 Å². The summed E-state index contributed by atoms with van der Waals surface area (Å²) in [4.78, 5) is 15.4. The molecule has 1 atom stereocenters. The highest BCUT2D eigenvalue weighted by Gasteiger charge is 2.18. The number of hydrogen-bond donors (Lipinski definition) is 1. The molecule has 20 heavy (non-hydrogen) atoms. The lowest BCUT2D eigenvalue weighted by atomic mass is 10.1. The standard InChI is InChI=1S/C14H19N3O3/c1-4-5-9(2)8-20-12-10-7-16-17(3)13(10)15-6-11(12)14(18)19/h6-7,9H,4-5,8H2,1-3H3,(H,18,19). The molecule has 0 aliphatic rings. The van der Waals surface area contributed by atoms with Gasteiger partial charge in [0.15, 0.2) is 5.65 Å². The second kappa shape index (κ2) is 5.90. The maximum absolute atomic E-state index is 11.3. The number of nitrogens with zero attached hydrogens (tertiary/aromatic N) is 3. The Kier molecular flexibility index (Phi) is 4.22. The monoisotopic (exact) mass is 277 g/mol. The van der Waals surface area contributed by atoms with Crippen LogP contribution >= 0.6 is 0 Å². The minimum atomic E-state index is -1.04. The lowest BCUT2D eigenvalue weighted by molar-refractivity contribution is 0.0691. The van der Waals surface area contributed by atoms with Gasteiger partial charge in [-0.1, -0.05) is 20.3 Å². The maximum Gasteiger partial charge on any atom is 0.341 e. The molecule has 1 unspecified atom stereocenters. The molecule has 0 saturated carbocycles. The Labute approximate surface area is 117 Å². The number of rotatable bonds is 6. The minimum Gasteiger partial charge on any atom is -0.492 e. The van der Waals surface area contributed by atoms with Gasteiger partial charge in [0.25, 0.3) is 0 Å². The largest absolute Gasteiger partial charge is 0.492 e. The van der Waals surface area contributed by atoms with E-state index in [-0.39, 0.29) is 5.56 Å². The fraction of sp³-hybridized carbons (Fsp3) is 0.500. The lowest BCUT2D eigenvalue weighted by Gasteiger charge is -2.14. The van der Waals surface area contributed by atoms with E-state index in [1.54, 1.807) is 17.9 Å². The first-order valence-electron chi connectivity index (χ1n) is 6.71. The zero-order valence-corrected chi connectivity index (χ0v) is 12.0. The van der Waals surface area contributed by atoms with E-state index in [9.17, 15) is 9.90 Å². The van der Waals surface area contributed by atoms with Crippen LogP contribution in [-0.4, -0.2) is 32.4 Å². The first-order valence-corrected chi connectivity index (χ1v) is 6.71. The van der Waals surface area contributed by atoms with Crippen molar-refractivity contribution >= 4 is 17.0 Å². The molecule has 0 saturated heterocycles. The van der Waals surface area contributed by atoms with Gasteiger partial charge >= 0.3 is 5.97 Å². The summed E-state index contributed by atoms with van der Waals surface area (Å²) >= 11 is 0. The van der Waals surface area contributed by atoms with Crippen molar-refractivity contribution < 1.29 is 14.6 Å². The van der Waals surface area contributed by atoms with E-state index in [2.05, 4.69) is 23.9 Å². The number of ether oxygens (including phenoxy) is 1. The summed E-state index contributed by atoms with van der Waals surface area (Å²) in [5.74, 6) is -0.304. The molecular weight excluding hydrogens is 258 g/mol. The molecule has 1 N–H and O–H groups in total. The first kappa shape index (κ1) is 14.3. The van der Waals surface area contributed by atoms with E-state index < -0.39 is 5.97 Å². The van der Waals surface area contributed by atoms with Crippen molar-refractivity contribution in [2.24, 2.45) is 13.0 Å². The van der Waals surface area contributed by atoms with Gasteiger partial charge in [0.1, 0.15) is 11.3 Å². The molecule has 0 bridgehead atoms. The number of aryl methyl sites for hydroxylation is 1. The van der Waals surface area contributed by atoms with Gasteiger partial charge in [0, 0.05) is 13.2 Å². The highest BCUT2D eigenvalue weighted by molar-refractivity contribution is 5.97. The molecule has 2 heterocycles. The summed E-state index contributed by atoms with van der Waals surface area (Å²) in [6, 6.07) is 0. The summed E-state index contributed by atoms with van der Waals surface area (Å²) < 4.78 is 7.37. The molecule has 0 aromatic carbocycles. The number of aromatic nitrogens is 3. The number of carboxylic acids is 1. The molecule has 108 valence electrons. The first-order chi connectivity index (χ1) is 9.54. The van der Waals surface area contributed by atoms with Gasteiger partial charge in [0.05, 0.1) is 18.2 Å². The number of fused-ring (bicyclic) bond motifs is 1. The number of hydrogen-bond acceptors (Lipinski definition) is 4. The Morgan fingerprint density at radius 2 is 2.25 bits per heavy atom. The highest BCUT2D eigenvalue weighted by atomic mass is 16.5. The molecule has 0 aliphatic carbocycles. The van der Waals surface area contributed by atoms with Gasteiger partial charge in [-0.15, -0.1) is 0 Å². The van der Waals surface area contributed by atoms with Crippen LogP contribution in [0.1, 0.15) is 37.0 Å². The fourth-order valence-corrected chi connectivity index (χ4v) is 2.18. The minimum absolute atomic E-state index is 0.0780.